The molecule has 0 atom stereocenters. The van der Waals surface area contributed by atoms with E-state index in [1.54, 1.807) is 74.4 Å². The van der Waals surface area contributed by atoms with Gasteiger partial charge < -0.3 is 0 Å². The highest BCUT2D eigenvalue weighted by molar-refractivity contribution is 7.90. The summed E-state index contributed by atoms with van der Waals surface area (Å²) in [5, 5.41) is 0. The van der Waals surface area contributed by atoms with Gasteiger partial charge in [-0.2, -0.15) is 12.9 Å². The van der Waals surface area contributed by atoms with Gasteiger partial charge in [0.15, 0.2) is 0 Å². The van der Waals surface area contributed by atoms with E-state index in [1.807, 2.05) is 64.1 Å². The third kappa shape index (κ3) is 12.1. The minimum Gasteiger partial charge on any atom is -0.211 e. The van der Waals surface area contributed by atoms with E-state index in [1.165, 1.54) is 12.9 Å². The number of nitrogens with one attached hydrogen (secondary N) is 1. The first-order valence-corrected chi connectivity index (χ1v) is 27.3. The molecule has 0 heterocycles. The monoisotopic (exact) mass is 944 g/mol. The molecule has 12 nitrogen and oxygen atoms in total. The van der Waals surface area contributed by atoms with Crippen LogP contribution in [-0.2, 0) is 40.1 Å². The molecule has 0 aromatic heterocycles. The quantitative estimate of drug-likeness (QED) is 0.0826. The number of sulfonamides is 4. The molecular formula is C47H68N4O8S4. The normalized spacial score (nSPS) is 12.9. The molecule has 0 aliphatic heterocycles. The molecule has 0 aliphatic carbocycles. The van der Waals surface area contributed by atoms with Gasteiger partial charge in [-0.1, -0.05) is 77.7 Å². The fourth-order valence-corrected chi connectivity index (χ4v) is 16.5. The Morgan fingerprint density at radius 3 is 0.889 bits per heavy atom. The largest absolute Gasteiger partial charge is 0.243 e. The van der Waals surface area contributed by atoms with Crippen LogP contribution in [-0.4, -0.2) is 92.4 Å². The fourth-order valence-electron chi connectivity index (χ4n) is 9.23. The average Bonchev–Trinajstić information content (AvgIpc) is 3.10. The first kappa shape index (κ1) is 52.1. The molecule has 4 aromatic carbocycles. The van der Waals surface area contributed by atoms with Crippen LogP contribution >= 0.6 is 0 Å². The summed E-state index contributed by atoms with van der Waals surface area (Å²) in [6.07, 6.45) is 0.443. The van der Waals surface area contributed by atoms with Crippen molar-refractivity contribution in [1.82, 2.24) is 17.6 Å². The zero-order valence-electron chi connectivity index (χ0n) is 39.4. The lowest BCUT2D eigenvalue weighted by Gasteiger charge is -2.28. The van der Waals surface area contributed by atoms with Crippen LogP contribution in [0.4, 0.5) is 0 Å². The summed E-state index contributed by atoms with van der Waals surface area (Å²) < 4.78 is 120. The van der Waals surface area contributed by atoms with Gasteiger partial charge in [0.1, 0.15) is 0 Å². The van der Waals surface area contributed by atoms with Gasteiger partial charge in [-0.05, 0) is 147 Å². The Kier molecular flexibility index (Phi) is 17.2. The molecule has 0 spiro atoms. The van der Waals surface area contributed by atoms with Gasteiger partial charge in [-0.15, -0.1) is 0 Å². The molecule has 0 amide bonds. The average molecular weight is 945 g/mol. The fraction of sp³-hybridized carbons (Fsp3) is 0.489. The van der Waals surface area contributed by atoms with Crippen LogP contribution in [0.2, 0.25) is 0 Å². The van der Waals surface area contributed by atoms with E-state index in [9.17, 15) is 33.7 Å². The van der Waals surface area contributed by atoms with E-state index in [0.29, 0.717) is 44.5 Å². The second-order valence-electron chi connectivity index (χ2n) is 17.2. The second kappa shape index (κ2) is 20.8. The van der Waals surface area contributed by atoms with Crippen LogP contribution < -0.4 is 4.72 Å². The van der Waals surface area contributed by atoms with Gasteiger partial charge in [-0.3, -0.25) is 0 Å². The third-order valence-electron chi connectivity index (χ3n) is 11.3. The Morgan fingerprint density at radius 1 is 0.365 bits per heavy atom. The van der Waals surface area contributed by atoms with Gasteiger partial charge in [0.2, 0.25) is 40.1 Å². The van der Waals surface area contributed by atoms with Crippen LogP contribution in [0.25, 0.3) is 0 Å². The molecular weight excluding hydrogens is 877 g/mol. The van der Waals surface area contributed by atoms with Crippen molar-refractivity contribution in [2.24, 2.45) is 0 Å². The molecule has 0 saturated heterocycles. The van der Waals surface area contributed by atoms with Gasteiger partial charge in [0.05, 0.1) is 19.6 Å². The van der Waals surface area contributed by atoms with E-state index < -0.39 is 40.1 Å². The van der Waals surface area contributed by atoms with Crippen molar-refractivity contribution in [1.29, 1.82) is 0 Å². The molecule has 0 unspecified atom stereocenters. The van der Waals surface area contributed by atoms with Crippen molar-refractivity contribution in [2.45, 2.75) is 129 Å². The molecule has 0 saturated carbocycles. The highest BCUT2D eigenvalue weighted by atomic mass is 32.2. The van der Waals surface area contributed by atoms with E-state index >= 15 is 0 Å². The number of hydrogen-bond acceptors (Lipinski definition) is 8. The van der Waals surface area contributed by atoms with Crippen molar-refractivity contribution in [3.8, 4) is 0 Å². The summed E-state index contributed by atoms with van der Waals surface area (Å²) in [6.45, 7) is 23.4. The summed E-state index contributed by atoms with van der Waals surface area (Å²) in [7, 11) is -16.1. The number of benzene rings is 4. The summed E-state index contributed by atoms with van der Waals surface area (Å²) in [6, 6.07) is 14.5. The summed E-state index contributed by atoms with van der Waals surface area (Å²) in [5.74, 6) is 0. The third-order valence-corrected chi connectivity index (χ3v) is 19.8. The summed E-state index contributed by atoms with van der Waals surface area (Å²) in [5.41, 5.74) is 8.55. The number of rotatable bonds is 21. The van der Waals surface area contributed by atoms with Crippen molar-refractivity contribution in [3.63, 3.8) is 0 Å². The standard InChI is InChI=1S/C47H68N4O8S4/c1-14-49(61(54,55)45-38(8)26-33(3)27-39(45)9)20-16-21-51(63(58,59)47-42(12)30-35(5)31-43(47)13)23-17-22-50(62(56,57)46-40(10)28-34(4)29-41(46)11)19-15-18-48-60(52,53)44-36(6)24-32(2)25-37(44)7/h24-31,48H,14-23H2,1-13H3. The number of nitrogens with zero attached hydrogens (tertiary/aromatic N) is 3. The lowest BCUT2D eigenvalue weighted by molar-refractivity contribution is 0.339. The Hall–Kier alpha value is -3.48. The van der Waals surface area contributed by atoms with Crippen LogP contribution in [0.5, 0.6) is 0 Å². The minimum atomic E-state index is -4.15. The lowest BCUT2D eigenvalue weighted by Crippen LogP contribution is -2.40. The topological polar surface area (TPSA) is 158 Å². The zero-order valence-corrected chi connectivity index (χ0v) is 42.7. The number of hydrogen-bond donors (Lipinski definition) is 1. The van der Waals surface area contributed by atoms with Crippen molar-refractivity contribution < 1.29 is 33.7 Å². The Balaban J connectivity index is 1.65. The lowest BCUT2D eigenvalue weighted by atomic mass is 10.1. The molecule has 0 bridgehead atoms. The molecule has 0 aliphatic rings. The molecule has 4 rings (SSSR count). The second-order valence-corrected chi connectivity index (χ2v) is 24.5. The van der Waals surface area contributed by atoms with Crippen LogP contribution in [0.1, 0.15) is 92.9 Å². The smallest absolute Gasteiger partial charge is 0.211 e. The molecule has 63 heavy (non-hydrogen) atoms. The van der Waals surface area contributed by atoms with Crippen LogP contribution in [0.3, 0.4) is 0 Å². The Morgan fingerprint density at radius 2 is 0.603 bits per heavy atom. The van der Waals surface area contributed by atoms with E-state index in [4.69, 9.17) is 0 Å². The molecule has 16 heteroatoms. The highest BCUT2D eigenvalue weighted by Gasteiger charge is 2.32. The van der Waals surface area contributed by atoms with Crippen LogP contribution in [0, 0.1) is 83.1 Å². The molecule has 0 fully saturated rings. The maximum absolute atomic E-state index is 14.7. The summed E-state index contributed by atoms with van der Waals surface area (Å²) >= 11 is 0. The predicted molar refractivity (Wildman–Crippen MR) is 254 cm³/mol. The molecule has 4 aromatic rings. The van der Waals surface area contributed by atoms with Gasteiger partial charge in [0.25, 0.3) is 0 Å². The maximum Gasteiger partial charge on any atom is 0.243 e. The van der Waals surface area contributed by atoms with Gasteiger partial charge in [-0.25, -0.2) is 38.4 Å². The highest BCUT2D eigenvalue weighted by Crippen LogP contribution is 2.30. The van der Waals surface area contributed by atoms with Gasteiger partial charge >= 0.3 is 0 Å². The van der Waals surface area contributed by atoms with E-state index in [-0.39, 0.29) is 84.7 Å². The molecule has 1 N–H and O–H groups in total. The van der Waals surface area contributed by atoms with Crippen LogP contribution in [0.15, 0.2) is 68.1 Å². The number of aryl methyl sites for hydroxylation is 12. The molecule has 0 radical (unpaired) electrons. The first-order chi connectivity index (χ1) is 29.2. The maximum atomic E-state index is 14.7. The van der Waals surface area contributed by atoms with Crippen molar-refractivity contribution in [3.05, 3.63) is 115 Å². The SMILES string of the molecule is CCN(CCCN(CCCN(CCCNS(=O)(=O)c1c(C)cc(C)cc1C)S(=O)(=O)c1c(C)cc(C)cc1C)S(=O)(=O)c1c(C)cc(C)cc1C)S(=O)(=O)c1c(C)cc(C)cc1C. The zero-order chi connectivity index (χ0) is 47.4. The van der Waals surface area contributed by atoms with E-state index in [0.717, 1.165) is 22.3 Å². The predicted octanol–water partition coefficient (Wildman–Crippen LogP) is 7.93. The summed E-state index contributed by atoms with van der Waals surface area (Å²) in [4.78, 5) is 0.776. The molecule has 348 valence electrons. The minimum absolute atomic E-state index is 0.0183. The Bertz CT molecular complexity index is 2690. The Labute approximate surface area is 379 Å². The van der Waals surface area contributed by atoms with Crippen molar-refractivity contribution in [2.75, 3.05) is 45.8 Å². The van der Waals surface area contributed by atoms with E-state index in [2.05, 4.69) is 4.72 Å². The first-order valence-electron chi connectivity index (χ1n) is 21.5. The van der Waals surface area contributed by atoms with Gasteiger partial charge in [0, 0.05) is 45.8 Å². The van der Waals surface area contributed by atoms with Crippen molar-refractivity contribution >= 4 is 40.1 Å².